The number of aromatic nitrogens is 2. The number of halogens is 1. The third-order valence-corrected chi connectivity index (χ3v) is 2.69. The Hall–Kier alpha value is -1.06. The van der Waals surface area contributed by atoms with Crippen LogP contribution in [0.15, 0.2) is 18.2 Å². The molecule has 1 unspecified atom stereocenters. The Labute approximate surface area is 100 Å². The molecule has 0 aliphatic carbocycles. The molecule has 0 saturated carbocycles. The van der Waals surface area contributed by atoms with E-state index in [9.17, 15) is 0 Å². The Balaban J connectivity index is 2.32. The molecule has 86 valence electrons. The molecule has 0 radical (unpaired) electrons. The summed E-state index contributed by atoms with van der Waals surface area (Å²) in [6.07, 6.45) is 0. The molecule has 1 aromatic carbocycles. The summed E-state index contributed by atoms with van der Waals surface area (Å²) in [5.74, 6) is 0.950. The molecule has 2 rings (SSSR count). The van der Waals surface area contributed by atoms with Crippen LogP contribution in [0.4, 0.5) is 0 Å². The van der Waals surface area contributed by atoms with Crippen LogP contribution in [0.1, 0.15) is 32.6 Å². The molecule has 4 heteroatoms. The summed E-state index contributed by atoms with van der Waals surface area (Å²) in [6.45, 7) is 6.34. The van der Waals surface area contributed by atoms with Gasteiger partial charge in [-0.3, -0.25) is 0 Å². The van der Waals surface area contributed by atoms with Crippen LogP contribution in [-0.2, 0) is 0 Å². The zero-order valence-electron chi connectivity index (χ0n) is 9.71. The normalized spacial score (nSPS) is 13.6. The molecule has 0 saturated heterocycles. The molecule has 1 aromatic heterocycles. The summed E-state index contributed by atoms with van der Waals surface area (Å²) in [4.78, 5) is 7.81. The van der Waals surface area contributed by atoms with Crippen LogP contribution in [0.25, 0.3) is 11.0 Å². The molecule has 1 atom stereocenters. The number of hydrogen-bond donors (Lipinski definition) is 2. The van der Waals surface area contributed by atoms with E-state index in [1.165, 1.54) is 0 Å². The lowest BCUT2D eigenvalue weighted by Gasteiger charge is -2.13. The van der Waals surface area contributed by atoms with Gasteiger partial charge in [-0.15, -0.1) is 0 Å². The van der Waals surface area contributed by atoms with Gasteiger partial charge in [-0.25, -0.2) is 4.98 Å². The van der Waals surface area contributed by atoms with E-state index in [1.807, 2.05) is 18.2 Å². The molecule has 2 N–H and O–H groups in total. The van der Waals surface area contributed by atoms with Crippen molar-refractivity contribution in [3.63, 3.8) is 0 Å². The van der Waals surface area contributed by atoms with Gasteiger partial charge in [0, 0.05) is 11.1 Å². The molecule has 0 aliphatic rings. The van der Waals surface area contributed by atoms with Crippen molar-refractivity contribution in [3.05, 3.63) is 29.0 Å². The van der Waals surface area contributed by atoms with Crippen molar-refractivity contribution in [2.45, 2.75) is 32.9 Å². The summed E-state index contributed by atoms with van der Waals surface area (Å²) >= 11 is 5.93. The van der Waals surface area contributed by atoms with Crippen molar-refractivity contribution in [2.75, 3.05) is 0 Å². The second-order valence-electron chi connectivity index (χ2n) is 4.33. The predicted molar refractivity (Wildman–Crippen MR) is 67.8 cm³/mol. The summed E-state index contributed by atoms with van der Waals surface area (Å²) in [5.41, 5.74) is 1.94. The van der Waals surface area contributed by atoms with E-state index in [0.717, 1.165) is 21.9 Å². The lowest BCUT2D eigenvalue weighted by atomic mass is 10.3. The fourth-order valence-corrected chi connectivity index (χ4v) is 1.96. The van der Waals surface area contributed by atoms with E-state index in [4.69, 9.17) is 11.6 Å². The fraction of sp³-hybridized carbons (Fsp3) is 0.417. The van der Waals surface area contributed by atoms with Crippen LogP contribution >= 0.6 is 11.6 Å². The molecule has 0 bridgehead atoms. The average molecular weight is 238 g/mol. The van der Waals surface area contributed by atoms with Crippen molar-refractivity contribution >= 4 is 22.6 Å². The molecule has 3 nitrogen and oxygen atoms in total. The maximum Gasteiger partial charge on any atom is 0.124 e. The van der Waals surface area contributed by atoms with Crippen LogP contribution in [0.2, 0.25) is 5.02 Å². The van der Waals surface area contributed by atoms with Gasteiger partial charge in [-0.2, -0.15) is 0 Å². The monoisotopic (exact) mass is 237 g/mol. The molecule has 1 heterocycles. The van der Waals surface area contributed by atoms with Crippen LogP contribution < -0.4 is 5.32 Å². The molecule has 0 amide bonds. The number of nitrogens with one attached hydrogen (secondary N) is 2. The second kappa shape index (κ2) is 4.44. The van der Waals surface area contributed by atoms with Crippen LogP contribution in [0, 0.1) is 0 Å². The van der Waals surface area contributed by atoms with E-state index in [0.29, 0.717) is 6.04 Å². The van der Waals surface area contributed by atoms with Gasteiger partial charge in [0.05, 0.1) is 17.1 Å². The van der Waals surface area contributed by atoms with Crippen molar-refractivity contribution < 1.29 is 0 Å². The first-order valence-corrected chi connectivity index (χ1v) is 5.85. The first-order valence-electron chi connectivity index (χ1n) is 5.47. The molecular formula is C12H16ClN3. The van der Waals surface area contributed by atoms with Crippen molar-refractivity contribution in [2.24, 2.45) is 0 Å². The van der Waals surface area contributed by atoms with E-state index < -0.39 is 0 Å². The fourth-order valence-electron chi connectivity index (χ4n) is 1.79. The van der Waals surface area contributed by atoms with Gasteiger partial charge in [0.1, 0.15) is 5.82 Å². The standard InChI is InChI=1S/C12H16ClN3/c1-7(2)14-8(3)12-15-10-5-4-9(13)6-11(10)16-12/h4-8,14H,1-3H3,(H,15,16). The number of benzene rings is 1. The summed E-state index contributed by atoms with van der Waals surface area (Å²) in [6, 6.07) is 6.34. The molecule has 0 fully saturated rings. The van der Waals surface area contributed by atoms with Crippen molar-refractivity contribution in [1.82, 2.24) is 15.3 Å². The molecule has 0 spiro atoms. The molecule has 16 heavy (non-hydrogen) atoms. The number of aromatic amines is 1. The Morgan fingerprint density at radius 3 is 2.75 bits per heavy atom. The van der Waals surface area contributed by atoms with Crippen molar-refractivity contribution in [3.8, 4) is 0 Å². The zero-order valence-corrected chi connectivity index (χ0v) is 10.5. The van der Waals surface area contributed by atoms with Gasteiger partial charge in [0.2, 0.25) is 0 Å². The van der Waals surface area contributed by atoms with Gasteiger partial charge in [-0.05, 0) is 25.1 Å². The Kier molecular flexibility index (Phi) is 3.17. The smallest absolute Gasteiger partial charge is 0.124 e. The highest BCUT2D eigenvalue weighted by Gasteiger charge is 2.11. The van der Waals surface area contributed by atoms with Gasteiger partial charge in [0.25, 0.3) is 0 Å². The maximum absolute atomic E-state index is 5.93. The van der Waals surface area contributed by atoms with Gasteiger partial charge in [-0.1, -0.05) is 25.4 Å². The SMILES string of the molecule is CC(C)NC(C)c1nc2ccc(Cl)cc2[nH]1. The molecular weight excluding hydrogens is 222 g/mol. The van der Waals surface area contributed by atoms with Crippen LogP contribution in [0.5, 0.6) is 0 Å². The summed E-state index contributed by atoms with van der Waals surface area (Å²) in [7, 11) is 0. The second-order valence-corrected chi connectivity index (χ2v) is 4.76. The number of rotatable bonds is 3. The Bertz CT molecular complexity index is 490. The van der Waals surface area contributed by atoms with Gasteiger partial charge in [0.15, 0.2) is 0 Å². The van der Waals surface area contributed by atoms with Crippen molar-refractivity contribution in [1.29, 1.82) is 0 Å². The lowest BCUT2D eigenvalue weighted by Crippen LogP contribution is -2.26. The van der Waals surface area contributed by atoms with Crippen LogP contribution in [0.3, 0.4) is 0 Å². The number of hydrogen-bond acceptors (Lipinski definition) is 2. The van der Waals surface area contributed by atoms with E-state index >= 15 is 0 Å². The minimum absolute atomic E-state index is 0.214. The largest absolute Gasteiger partial charge is 0.341 e. The summed E-state index contributed by atoms with van der Waals surface area (Å²) in [5, 5.41) is 4.14. The highest BCUT2D eigenvalue weighted by atomic mass is 35.5. The average Bonchev–Trinajstić information content (AvgIpc) is 2.59. The third-order valence-electron chi connectivity index (χ3n) is 2.46. The van der Waals surface area contributed by atoms with E-state index in [1.54, 1.807) is 0 Å². The highest BCUT2D eigenvalue weighted by Crippen LogP contribution is 2.19. The van der Waals surface area contributed by atoms with Gasteiger partial charge >= 0.3 is 0 Å². The molecule has 0 aliphatic heterocycles. The van der Waals surface area contributed by atoms with Crippen LogP contribution in [-0.4, -0.2) is 16.0 Å². The number of nitrogens with zero attached hydrogens (tertiary/aromatic N) is 1. The minimum Gasteiger partial charge on any atom is -0.341 e. The highest BCUT2D eigenvalue weighted by molar-refractivity contribution is 6.31. The molecule has 2 aromatic rings. The van der Waals surface area contributed by atoms with Gasteiger partial charge < -0.3 is 10.3 Å². The Morgan fingerprint density at radius 1 is 1.31 bits per heavy atom. The first kappa shape index (κ1) is 11.4. The number of H-pyrrole nitrogens is 1. The topological polar surface area (TPSA) is 40.7 Å². The predicted octanol–water partition coefficient (Wildman–Crippen LogP) is 3.28. The van der Waals surface area contributed by atoms with E-state index in [2.05, 4.69) is 36.1 Å². The zero-order chi connectivity index (χ0) is 11.7. The summed E-state index contributed by atoms with van der Waals surface area (Å²) < 4.78 is 0. The number of imidazole rings is 1. The number of fused-ring (bicyclic) bond motifs is 1. The Morgan fingerprint density at radius 2 is 2.06 bits per heavy atom. The van der Waals surface area contributed by atoms with E-state index in [-0.39, 0.29) is 6.04 Å². The quantitative estimate of drug-likeness (QED) is 0.860. The lowest BCUT2D eigenvalue weighted by molar-refractivity contribution is 0.491. The third kappa shape index (κ3) is 2.36. The first-order chi connectivity index (χ1) is 7.56. The minimum atomic E-state index is 0.214. The maximum atomic E-state index is 5.93.